The Hall–Kier alpha value is -1.88. The molecule has 4 nitrogen and oxygen atoms in total. The van der Waals surface area contributed by atoms with Gasteiger partial charge in [0.05, 0.1) is 21.9 Å². The number of aryl methyl sites for hydroxylation is 1. The zero-order valence-corrected chi connectivity index (χ0v) is 11.3. The Morgan fingerprint density at radius 3 is 2.83 bits per heavy atom. The lowest BCUT2D eigenvalue weighted by atomic mass is 10.1. The second kappa shape index (κ2) is 4.10. The summed E-state index contributed by atoms with van der Waals surface area (Å²) in [5.41, 5.74) is 9.43. The fraction of sp³-hybridized carbons (Fsp3) is 0.0769. The van der Waals surface area contributed by atoms with Crippen molar-refractivity contribution in [1.82, 2.24) is 14.8 Å². The maximum atomic E-state index is 5.85. The number of pyridine rings is 1. The van der Waals surface area contributed by atoms with Crippen LogP contribution in [0.15, 0.2) is 41.1 Å². The van der Waals surface area contributed by atoms with Crippen molar-refractivity contribution in [1.29, 1.82) is 0 Å². The second-order valence-electron chi connectivity index (χ2n) is 4.16. The van der Waals surface area contributed by atoms with E-state index in [1.165, 1.54) is 0 Å². The van der Waals surface area contributed by atoms with Crippen LogP contribution in [0.4, 0.5) is 5.69 Å². The molecule has 0 saturated heterocycles. The normalized spacial score (nSPS) is 11.0. The van der Waals surface area contributed by atoms with E-state index >= 15 is 0 Å². The fourth-order valence-electron chi connectivity index (χ4n) is 1.98. The molecular formula is C13H11BrN4. The summed E-state index contributed by atoms with van der Waals surface area (Å²) in [5.74, 6) is 0. The first kappa shape index (κ1) is 11.2. The molecule has 0 radical (unpaired) electrons. The highest BCUT2D eigenvalue weighted by Crippen LogP contribution is 2.24. The number of anilines is 1. The highest BCUT2D eigenvalue weighted by atomic mass is 79.9. The Balaban J connectivity index is 2.36. The molecule has 90 valence electrons. The summed E-state index contributed by atoms with van der Waals surface area (Å²) in [4.78, 5) is 4.50. The van der Waals surface area contributed by atoms with Crippen LogP contribution in [-0.4, -0.2) is 14.8 Å². The van der Waals surface area contributed by atoms with E-state index in [-0.39, 0.29) is 0 Å². The van der Waals surface area contributed by atoms with Gasteiger partial charge in [-0.3, -0.25) is 4.98 Å². The summed E-state index contributed by atoms with van der Waals surface area (Å²) in [6.45, 7) is 1.97. The first-order valence-corrected chi connectivity index (χ1v) is 6.30. The van der Waals surface area contributed by atoms with Crippen LogP contribution in [-0.2, 0) is 0 Å². The molecule has 0 aliphatic rings. The summed E-state index contributed by atoms with van der Waals surface area (Å²) >= 11 is 3.40. The lowest BCUT2D eigenvalue weighted by molar-refractivity contribution is 0.884. The molecule has 0 unspecified atom stereocenters. The summed E-state index contributed by atoms with van der Waals surface area (Å²) in [6, 6.07) is 7.71. The standard InChI is InChI=1S/C13H11BrN4/c1-8-4-13(18-7-9(14)6-16-18)11-5-10(15)2-3-12(11)17-8/h2-7H,15H2,1H3. The van der Waals surface area contributed by atoms with Crippen LogP contribution in [0.3, 0.4) is 0 Å². The minimum Gasteiger partial charge on any atom is -0.399 e. The third-order valence-corrected chi connectivity index (χ3v) is 3.15. The van der Waals surface area contributed by atoms with Gasteiger partial charge in [-0.2, -0.15) is 5.10 Å². The molecular weight excluding hydrogens is 292 g/mol. The number of benzene rings is 1. The van der Waals surface area contributed by atoms with Crippen LogP contribution >= 0.6 is 15.9 Å². The maximum absolute atomic E-state index is 5.85. The molecule has 3 rings (SSSR count). The smallest absolute Gasteiger partial charge is 0.0758 e. The Labute approximate surface area is 113 Å². The average Bonchev–Trinajstić information content (AvgIpc) is 2.75. The Morgan fingerprint density at radius 2 is 2.11 bits per heavy atom. The zero-order chi connectivity index (χ0) is 12.7. The minimum atomic E-state index is 0.723. The molecule has 0 fully saturated rings. The molecule has 0 amide bonds. The van der Waals surface area contributed by atoms with E-state index in [1.54, 1.807) is 6.20 Å². The van der Waals surface area contributed by atoms with Crippen molar-refractivity contribution < 1.29 is 0 Å². The summed E-state index contributed by atoms with van der Waals surface area (Å²) in [5, 5.41) is 5.30. The predicted molar refractivity (Wildman–Crippen MR) is 75.7 cm³/mol. The molecule has 2 heterocycles. The van der Waals surface area contributed by atoms with Gasteiger partial charge >= 0.3 is 0 Å². The van der Waals surface area contributed by atoms with Gasteiger partial charge < -0.3 is 5.73 Å². The number of aromatic nitrogens is 3. The molecule has 0 atom stereocenters. The van der Waals surface area contributed by atoms with Crippen molar-refractivity contribution in [2.24, 2.45) is 0 Å². The summed E-state index contributed by atoms with van der Waals surface area (Å²) in [7, 11) is 0. The van der Waals surface area contributed by atoms with E-state index in [9.17, 15) is 0 Å². The second-order valence-corrected chi connectivity index (χ2v) is 5.08. The zero-order valence-electron chi connectivity index (χ0n) is 9.76. The summed E-state index contributed by atoms with van der Waals surface area (Å²) in [6.07, 6.45) is 3.67. The van der Waals surface area contributed by atoms with Crippen molar-refractivity contribution in [2.75, 3.05) is 5.73 Å². The van der Waals surface area contributed by atoms with E-state index in [1.807, 2.05) is 42.1 Å². The maximum Gasteiger partial charge on any atom is 0.0758 e. The first-order chi connectivity index (χ1) is 8.63. The van der Waals surface area contributed by atoms with Gasteiger partial charge in [0.15, 0.2) is 0 Å². The van der Waals surface area contributed by atoms with Crippen LogP contribution in [0.2, 0.25) is 0 Å². The highest BCUT2D eigenvalue weighted by Gasteiger charge is 2.07. The first-order valence-electron chi connectivity index (χ1n) is 5.51. The SMILES string of the molecule is Cc1cc(-n2cc(Br)cn2)c2cc(N)ccc2n1. The third-order valence-electron chi connectivity index (χ3n) is 2.74. The highest BCUT2D eigenvalue weighted by molar-refractivity contribution is 9.10. The molecule has 18 heavy (non-hydrogen) atoms. The molecule has 0 spiro atoms. The topological polar surface area (TPSA) is 56.7 Å². The van der Waals surface area contributed by atoms with Crippen molar-refractivity contribution in [3.05, 3.63) is 46.8 Å². The number of rotatable bonds is 1. The van der Waals surface area contributed by atoms with Crippen molar-refractivity contribution in [2.45, 2.75) is 6.92 Å². The van der Waals surface area contributed by atoms with Crippen molar-refractivity contribution in [3.63, 3.8) is 0 Å². The monoisotopic (exact) mass is 302 g/mol. The van der Waals surface area contributed by atoms with Gasteiger partial charge in [-0.1, -0.05) is 0 Å². The van der Waals surface area contributed by atoms with Crippen LogP contribution in [0, 0.1) is 6.92 Å². The number of hydrogen-bond acceptors (Lipinski definition) is 3. The Morgan fingerprint density at radius 1 is 1.28 bits per heavy atom. The molecule has 2 N–H and O–H groups in total. The van der Waals surface area contributed by atoms with Gasteiger partial charge in [0.2, 0.25) is 0 Å². The minimum absolute atomic E-state index is 0.723. The van der Waals surface area contributed by atoms with Crippen LogP contribution in [0.25, 0.3) is 16.6 Å². The fourth-order valence-corrected chi connectivity index (χ4v) is 2.26. The van der Waals surface area contributed by atoms with Gasteiger partial charge in [0.1, 0.15) is 0 Å². The molecule has 1 aromatic carbocycles. The molecule has 2 aromatic heterocycles. The van der Waals surface area contributed by atoms with E-state index in [0.29, 0.717) is 0 Å². The van der Waals surface area contributed by atoms with E-state index in [2.05, 4.69) is 26.0 Å². The van der Waals surface area contributed by atoms with Gasteiger partial charge in [0.25, 0.3) is 0 Å². The average molecular weight is 303 g/mol. The van der Waals surface area contributed by atoms with E-state index < -0.39 is 0 Å². The molecule has 0 bridgehead atoms. The predicted octanol–water partition coefficient (Wildman–Crippen LogP) is 3.07. The van der Waals surface area contributed by atoms with Crippen LogP contribution in [0.5, 0.6) is 0 Å². The van der Waals surface area contributed by atoms with Crippen LogP contribution < -0.4 is 5.73 Å². The van der Waals surface area contributed by atoms with Gasteiger partial charge in [-0.15, -0.1) is 0 Å². The number of nitrogens with two attached hydrogens (primary N) is 1. The van der Waals surface area contributed by atoms with Gasteiger partial charge in [0, 0.05) is 23.0 Å². The number of nitrogen functional groups attached to an aromatic ring is 1. The summed E-state index contributed by atoms with van der Waals surface area (Å²) < 4.78 is 2.76. The Bertz CT molecular complexity index is 733. The Kier molecular flexibility index (Phi) is 2.56. The third kappa shape index (κ3) is 1.86. The van der Waals surface area contributed by atoms with Crippen molar-refractivity contribution >= 4 is 32.5 Å². The number of halogens is 1. The molecule has 0 aliphatic heterocycles. The molecule has 3 aromatic rings. The number of hydrogen-bond donors (Lipinski definition) is 1. The van der Waals surface area contributed by atoms with Gasteiger partial charge in [-0.25, -0.2) is 4.68 Å². The van der Waals surface area contributed by atoms with Gasteiger partial charge in [-0.05, 0) is 47.1 Å². The lowest BCUT2D eigenvalue weighted by Crippen LogP contribution is -1.99. The van der Waals surface area contributed by atoms with E-state index in [4.69, 9.17) is 5.73 Å². The lowest BCUT2D eigenvalue weighted by Gasteiger charge is -2.08. The quantitative estimate of drug-likeness (QED) is 0.703. The molecule has 0 saturated carbocycles. The van der Waals surface area contributed by atoms with E-state index in [0.717, 1.165) is 32.4 Å². The largest absolute Gasteiger partial charge is 0.399 e. The molecule has 0 aliphatic carbocycles. The molecule has 5 heteroatoms. The van der Waals surface area contributed by atoms with Crippen LogP contribution in [0.1, 0.15) is 5.69 Å². The number of nitrogens with zero attached hydrogens (tertiary/aromatic N) is 3. The number of fused-ring (bicyclic) bond motifs is 1. The van der Waals surface area contributed by atoms with Crippen molar-refractivity contribution in [3.8, 4) is 5.69 Å².